The molecule has 0 heterocycles. The Morgan fingerprint density at radius 1 is 1.19 bits per heavy atom. The third-order valence-electron chi connectivity index (χ3n) is 2.86. The standard InChI is InChI=1S/C12H14F3N/c13-12(14,15)7-11(16)10-5-3-9(4-6-10)8-1-2-8/h3-6,8,11H,1-2,7,16H2. The molecule has 16 heavy (non-hydrogen) atoms. The monoisotopic (exact) mass is 229 g/mol. The SMILES string of the molecule is NC(CC(F)(F)F)c1ccc(C2CC2)cc1. The predicted molar refractivity (Wildman–Crippen MR) is 56.0 cm³/mol. The Hall–Kier alpha value is -1.03. The van der Waals surface area contributed by atoms with Crippen LogP contribution in [0.3, 0.4) is 0 Å². The van der Waals surface area contributed by atoms with Gasteiger partial charge in [-0.2, -0.15) is 13.2 Å². The summed E-state index contributed by atoms with van der Waals surface area (Å²) in [7, 11) is 0. The van der Waals surface area contributed by atoms with Crippen LogP contribution in [0.1, 0.15) is 42.3 Å². The molecule has 0 bridgehead atoms. The summed E-state index contributed by atoms with van der Waals surface area (Å²) in [6, 6.07) is 6.26. The third-order valence-corrected chi connectivity index (χ3v) is 2.86. The average molecular weight is 229 g/mol. The van der Waals surface area contributed by atoms with Crippen molar-refractivity contribution in [2.75, 3.05) is 0 Å². The summed E-state index contributed by atoms with van der Waals surface area (Å²) in [5, 5.41) is 0. The maximum Gasteiger partial charge on any atom is 0.390 e. The molecule has 1 fully saturated rings. The van der Waals surface area contributed by atoms with Crippen LogP contribution in [-0.2, 0) is 0 Å². The van der Waals surface area contributed by atoms with E-state index in [1.54, 1.807) is 12.1 Å². The molecule has 1 atom stereocenters. The number of alkyl halides is 3. The molecule has 0 spiro atoms. The van der Waals surface area contributed by atoms with Gasteiger partial charge in [0.15, 0.2) is 0 Å². The summed E-state index contributed by atoms with van der Waals surface area (Å²) in [6.07, 6.45) is -2.79. The molecule has 4 heteroatoms. The van der Waals surface area contributed by atoms with E-state index in [2.05, 4.69) is 0 Å². The zero-order valence-corrected chi connectivity index (χ0v) is 8.80. The van der Waals surface area contributed by atoms with Gasteiger partial charge in [0.25, 0.3) is 0 Å². The lowest BCUT2D eigenvalue weighted by atomic mass is 10.0. The molecule has 0 saturated heterocycles. The Balaban J connectivity index is 2.03. The molecule has 1 aromatic carbocycles. The van der Waals surface area contributed by atoms with Gasteiger partial charge in [0.05, 0.1) is 6.42 Å². The number of nitrogens with two attached hydrogens (primary N) is 1. The lowest BCUT2D eigenvalue weighted by molar-refractivity contribution is -0.138. The zero-order chi connectivity index (χ0) is 11.8. The zero-order valence-electron chi connectivity index (χ0n) is 8.80. The minimum absolute atomic E-state index is 0.557. The molecule has 0 aliphatic heterocycles. The topological polar surface area (TPSA) is 26.0 Å². The molecule has 1 saturated carbocycles. The molecule has 2 rings (SSSR count). The van der Waals surface area contributed by atoms with Crippen LogP contribution in [0, 0.1) is 0 Å². The molecule has 1 aliphatic carbocycles. The van der Waals surface area contributed by atoms with E-state index >= 15 is 0 Å². The van der Waals surface area contributed by atoms with Gasteiger partial charge in [-0.05, 0) is 29.9 Å². The fourth-order valence-corrected chi connectivity index (χ4v) is 1.80. The Morgan fingerprint density at radius 2 is 1.75 bits per heavy atom. The van der Waals surface area contributed by atoms with Crippen molar-refractivity contribution in [3.8, 4) is 0 Å². The Bertz CT molecular complexity index is 352. The third kappa shape index (κ3) is 2.98. The first-order valence-electron chi connectivity index (χ1n) is 5.38. The number of halogens is 3. The molecule has 1 aliphatic rings. The second kappa shape index (κ2) is 4.09. The molecule has 1 aromatic rings. The first kappa shape index (κ1) is 11.5. The fourth-order valence-electron chi connectivity index (χ4n) is 1.80. The summed E-state index contributed by atoms with van der Waals surface area (Å²) < 4.78 is 36.4. The normalized spacial score (nSPS) is 18.5. The highest BCUT2D eigenvalue weighted by molar-refractivity contribution is 5.29. The highest BCUT2D eigenvalue weighted by Gasteiger charge is 2.31. The minimum Gasteiger partial charge on any atom is -0.324 e. The van der Waals surface area contributed by atoms with Gasteiger partial charge in [-0.25, -0.2) is 0 Å². The second-order valence-corrected chi connectivity index (χ2v) is 4.37. The molecule has 0 aromatic heterocycles. The van der Waals surface area contributed by atoms with E-state index < -0.39 is 18.6 Å². The quantitative estimate of drug-likeness (QED) is 0.843. The minimum atomic E-state index is -4.20. The van der Waals surface area contributed by atoms with Gasteiger partial charge in [0.2, 0.25) is 0 Å². The van der Waals surface area contributed by atoms with E-state index in [0.29, 0.717) is 11.5 Å². The van der Waals surface area contributed by atoms with Gasteiger partial charge in [-0.1, -0.05) is 24.3 Å². The summed E-state index contributed by atoms with van der Waals surface area (Å²) in [5.41, 5.74) is 7.27. The fraction of sp³-hybridized carbons (Fsp3) is 0.500. The van der Waals surface area contributed by atoms with Gasteiger partial charge in [0, 0.05) is 6.04 Å². The van der Waals surface area contributed by atoms with Crippen molar-refractivity contribution in [3.63, 3.8) is 0 Å². The molecular weight excluding hydrogens is 215 g/mol. The lowest BCUT2D eigenvalue weighted by Gasteiger charge is -2.14. The maximum absolute atomic E-state index is 12.1. The van der Waals surface area contributed by atoms with Crippen molar-refractivity contribution in [1.29, 1.82) is 0 Å². The first-order chi connectivity index (χ1) is 7.46. The largest absolute Gasteiger partial charge is 0.390 e. The van der Waals surface area contributed by atoms with Crippen molar-refractivity contribution < 1.29 is 13.2 Å². The molecule has 2 N–H and O–H groups in total. The van der Waals surface area contributed by atoms with E-state index in [9.17, 15) is 13.2 Å². The van der Waals surface area contributed by atoms with Gasteiger partial charge < -0.3 is 5.73 Å². The number of hydrogen-bond acceptors (Lipinski definition) is 1. The van der Waals surface area contributed by atoms with E-state index in [1.165, 1.54) is 18.4 Å². The van der Waals surface area contributed by atoms with Crippen LogP contribution in [0.25, 0.3) is 0 Å². The van der Waals surface area contributed by atoms with Gasteiger partial charge in [0.1, 0.15) is 0 Å². The average Bonchev–Trinajstić information content (AvgIpc) is 2.98. The van der Waals surface area contributed by atoms with E-state index in [-0.39, 0.29) is 0 Å². The van der Waals surface area contributed by atoms with Crippen LogP contribution in [0.5, 0.6) is 0 Å². The van der Waals surface area contributed by atoms with Crippen LogP contribution in [0.4, 0.5) is 13.2 Å². The van der Waals surface area contributed by atoms with E-state index in [1.807, 2.05) is 12.1 Å². The van der Waals surface area contributed by atoms with Crippen molar-refractivity contribution in [1.82, 2.24) is 0 Å². The smallest absolute Gasteiger partial charge is 0.324 e. The van der Waals surface area contributed by atoms with Crippen LogP contribution in [0.2, 0.25) is 0 Å². The number of rotatable bonds is 3. The van der Waals surface area contributed by atoms with Gasteiger partial charge in [-0.3, -0.25) is 0 Å². The summed E-state index contributed by atoms with van der Waals surface area (Å²) in [6.45, 7) is 0. The number of benzene rings is 1. The number of hydrogen-bond donors (Lipinski definition) is 1. The van der Waals surface area contributed by atoms with Crippen LogP contribution >= 0.6 is 0 Å². The first-order valence-corrected chi connectivity index (χ1v) is 5.38. The van der Waals surface area contributed by atoms with Crippen LogP contribution in [0.15, 0.2) is 24.3 Å². The highest BCUT2D eigenvalue weighted by atomic mass is 19.4. The van der Waals surface area contributed by atoms with Crippen LogP contribution in [-0.4, -0.2) is 6.18 Å². The summed E-state index contributed by atoms with van der Waals surface area (Å²) >= 11 is 0. The van der Waals surface area contributed by atoms with Gasteiger partial charge in [-0.15, -0.1) is 0 Å². The summed E-state index contributed by atoms with van der Waals surface area (Å²) in [5.74, 6) is 0.618. The summed E-state index contributed by atoms with van der Waals surface area (Å²) in [4.78, 5) is 0. The van der Waals surface area contributed by atoms with Crippen molar-refractivity contribution in [3.05, 3.63) is 35.4 Å². The Labute approximate surface area is 92.5 Å². The van der Waals surface area contributed by atoms with Crippen molar-refractivity contribution in [2.45, 2.75) is 37.4 Å². The van der Waals surface area contributed by atoms with E-state index in [0.717, 1.165) is 0 Å². The Kier molecular flexibility index (Phi) is 2.93. The maximum atomic E-state index is 12.1. The molecule has 88 valence electrons. The molecular formula is C12H14F3N. The lowest BCUT2D eigenvalue weighted by Crippen LogP contribution is -2.20. The van der Waals surface area contributed by atoms with Gasteiger partial charge >= 0.3 is 6.18 Å². The molecule has 0 amide bonds. The van der Waals surface area contributed by atoms with E-state index in [4.69, 9.17) is 5.73 Å². The van der Waals surface area contributed by atoms with Crippen LogP contribution < -0.4 is 5.73 Å². The van der Waals surface area contributed by atoms with Crippen molar-refractivity contribution in [2.24, 2.45) is 5.73 Å². The predicted octanol–water partition coefficient (Wildman–Crippen LogP) is 3.52. The molecule has 1 unspecified atom stereocenters. The second-order valence-electron chi connectivity index (χ2n) is 4.37. The Morgan fingerprint density at radius 3 is 2.19 bits per heavy atom. The molecule has 0 radical (unpaired) electrons. The highest BCUT2D eigenvalue weighted by Crippen LogP contribution is 2.40. The molecule has 1 nitrogen and oxygen atoms in total. The van der Waals surface area contributed by atoms with Crippen molar-refractivity contribution >= 4 is 0 Å².